The topological polar surface area (TPSA) is 0 Å². The molecule has 0 fully saturated rings. The average Bonchev–Trinajstić information content (AvgIpc) is 2.57. The van der Waals surface area contributed by atoms with Gasteiger partial charge in [-0.1, -0.05) is 90.2 Å². The number of benzene rings is 3. The maximum atomic E-state index is 3.45. The normalized spacial score (nSPS) is 11.3. The van der Waals surface area contributed by atoms with Crippen molar-refractivity contribution in [2.24, 2.45) is 0 Å². The van der Waals surface area contributed by atoms with E-state index in [1.54, 1.807) is 0 Å². The van der Waals surface area contributed by atoms with Crippen molar-refractivity contribution in [1.82, 2.24) is 0 Å². The van der Waals surface area contributed by atoms with Gasteiger partial charge in [-0.3, -0.25) is 0 Å². The van der Waals surface area contributed by atoms with E-state index in [-0.39, 0.29) is 5.92 Å². The van der Waals surface area contributed by atoms with Crippen LogP contribution >= 0.6 is 0 Å². The molecule has 0 aliphatic rings. The fourth-order valence-electron chi connectivity index (χ4n) is 2.53. The Labute approximate surface area is 132 Å². The Balaban J connectivity index is 2.03. The molecule has 0 saturated heterocycles. The van der Waals surface area contributed by atoms with Crippen LogP contribution in [0.25, 0.3) is 0 Å². The second-order valence-electron chi connectivity index (χ2n) is 5.39. The van der Waals surface area contributed by atoms with Crippen molar-refractivity contribution in [3.05, 3.63) is 107 Å². The lowest BCUT2D eigenvalue weighted by Crippen LogP contribution is -1.98. The van der Waals surface area contributed by atoms with Gasteiger partial charge in [-0.2, -0.15) is 0 Å². The monoisotopic (exact) mass is 282 g/mol. The van der Waals surface area contributed by atoms with Crippen LogP contribution in [0.5, 0.6) is 0 Å². The second kappa shape index (κ2) is 6.78. The standard InChI is InChI=1S/C22H18/c1-18-9-8-14-21(17-18)22(20-12-6-3-7-13-20)16-15-19-10-4-2-5-11-19/h2-14,17,22H,1H3. The van der Waals surface area contributed by atoms with Gasteiger partial charge in [0.05, 0.1) is 5.92 Å². The number of hydrogen-bond acceptors (Lipinski definition) is 0. The lowest BCUT2D eigenvalue weighted by Gasteiger charge is -2.12. The molecule has 3 aromatic rings. The Kier molecular flexibility index (Phi) is 4.37. The molecule has 0 amide bonds. The predicted molar refractivity (Wildman–Crippen MR) is 92.8 cm³/mol. The van der Waals surface area contributed by atoms with E-state index in [1.807, 2.05) is 36.4 Å². The van der Waals surface area contributed by atoms with Crippen LogP contribution < -0.4 is 0 Å². The van der Waals surface area contributed by atoms with E-state index in [0.29, 0.717) is 0 Å². The molecule has 0 aliphatic carbocycles. The fourth-order valence-corrected chi connectivity index (χ4v) is 2.53. The summed E-state index contributed by atoms with van der Waals surface area (Å²) in [7, 11) is 0. The molecule has 1 unspecified atom stereocenters. The summed E-state index contributed by atoms with van der Waals surface area (Å²) in [5, 5.41) is 0. The van der Waals surface area contributed by atoms with Gasteiger partial charge in [-0.15, -0.1) is 0 Å². The molecule has 0 aliphatic heterocycles. The van der Waals surface area contributed by atoms with E-state index in [0.717, 1.165) is 5.56 Å². The van der Waals surface area contributed by atoms with Crippen LogP contribution in [0.4, 0.5) is 0 Å². The van der Waals surface area contributed by atoms with Crippen LogP contribution in [-0.4, -0.2) is 0 Å². The smallest absolute Gasteiger partial charge is 0.0705 e. The molecule has 0 nitrogen and oxygen atoms in total. The predicted octanol–water partition coefficient (Wildman–Crippen LogP) is 5.18. The number of aryl methyl sites for hydroxylation is 1. The highest BCUT2D eigenvalue weighted by Gasteiger charge is 2.11. The van der Waals surface area contributed by atoms with E-state index in [1.165, 1.54) is 16.7 Å². The van der Waals surface area contributed by atoms with E-state index < -0.39 is 0 Å². The van der Waals surface area contributed by atoms with Gasteiger partial charge < -0.3 is 0 Å². The van der Waals surface area contributed by atoms with Gasteiger partial charge in [0.2, 0.25) is 0 Å². The first-order valence-corrected chi connectivity index (χ1v) is 7.51. The number of hydrogen-bond donors (Lipinski definition) is 0. The zero-order valence-corrected chi connectivity index (χ0v) is 12.7. The molecule has 0 bridgehead atoms. The van der Waals surface area contributed by atoms with Crippen LogP contribution in [-0.2, 0) is 0 Å². The average molecular weight is 282 g/mol. The third-order valence-corrected chi connectivity index (χ3v) is 3.64. The van der Waals surface area contributed by atoms with Gasteiger partial charge in [0.1, 0.15) is 0 Å². The van der Waals surface area contributed by atoms with E-state index in [4.69, 9.17) is 0 Å². The van der Waals surface area contributed by atoms with Crippen molar-refractivity contribution in [2.45, 2.75) is 12.8 Å². The summed E-state index contributed by atoms with van der Waals surface area (Å²) in [4.78, 5) is 0. The zero-order chi connectivity index (χ0) is 15.2. The van der Waals surface area contributed by atoms with Crippen molar-refractivity contribution in [1.29, 1.82) is 0 Å². The van der Waals surface area contributed by atoms with E-state index in [2.05, 4.69) is 67.3 Å². The quantitative estimate of drug-likeness (QED) is 0.568. The maximum Gasteiger partial charge on any atom is 0.0705 e. The highest BCUT2D eigenvalue weighted by atomic mass is 14.1. The summed E-state index contributed by atoms with van der Waals surface area (Å²) in [6.45, 7) is 2.12. The van der Waals surface area contributed by atoms with E-state index in [9.17, 15) is 0 Å². The van der Waals surface area contributed by atoms with Crippen LogP contribution in [0.3, 0.4) is 0 Å². The van der Waals surface area contributed by atoms with Crippen molar-refractivity contribution in [3.63, 3.8) is 0 Å². The summed E-state index contributed by atoms with van der Waals surface area (Å²) in [5.41, 5.74) is 4.79. The van der Waals surface area contributed by atoms with Gasteiger partial charge in [0.25, 0.3) is 0 Å². The number of rotatable bonds is 2. The van der Waals surface area contributed by atoms with Gasteiger partial charge in [-0.05, 0) is 30.2 Å². The Bertz CT molecular complexity index is 789. The Morgan fingerprint density at radius 3 is 2.00 bits per heavy atom. The summed E-state index contributed by atoms with van der Waals surface area (Å²) in [5.74, 6) is 6.86. The second-order valence-corrected chi connectivity index (χ2v) is 5.39. The first kappa shape index (κ1) is 14.2. The van der Waals surface area contributed by atoms with Crippen molar-refractivity contribution in [2.75, 3.05) is 0 Å². The largest absolute Gasteiger partial charge is 0.0848 e. The summed E-state index contributed by atoms with van der Waals surface area (Å²) in [6.07, 6.45) is 0. The Hall–Kier alpha value is -2.78. The van der Waals surface area contributed by atoms with Gasteiger partial charge >= 0.3 is 0 Å². The summed E-state index contributed by atoms with van der Waals surface area (Å²) in [6, 6.07) is 29.2. The van der Waals surface area contributed by atoms with E-state index >= 15 is 0 Å². The SMILES string of the molecule is Cc1cccc(C(C#Cc2ccccc2)c2ccccc2)c1. The first-order chi connectivity index (χ1) is 10.8. The van der Waals surface area contributed by atoms with Crippen LogP contribution in [0.2, 0.25) is 0 Å². The van der Waals surface area contributed by atoms with Gasteiger partial charge in [0, 0.05) is 5.56 Å². The molecule has 0 N–H and O–H groups in total. The highest BCUT2D eigenvalue weighted by molar-refractivity contribution is 5.45. The maximum absolute atomic E-state index is 3.45. The molecule has 22 heavy (non-hydrogen) atoms. The molecule has 0 heteroatoms. The fraction of sp³-hybridized carbons (Fsp3) is 0.0909. The molecule has 0 spiro atoms. The molecule has 0 radical (unpaired) electrons. The molecule has 1 atom stereocenters. The molecule has 3 rings (SSSR count). The molecular formula is C22H18. The lowest BCUT2D eigenvalue weighted by atomic mass is 9.91. The molecular weight excluding hydrogens is 264 g/mol. The minimum atomic E-state index is 0.0984. The highest BCUT2D eigenvalue weighted by Crippen LogP contribution is 2.24. The third kappa shape index (κ3) is 3.45. The van der Waals surface area contributed by atoms with Crippen LogP contribution in [0.1, 0.15) is 28.2 Å². The Morgan fingerprint density at radius 1 is 0.682 bits per heavy atom. The minimum absolute atomic E-state index is 0.0984. The molecule has 0 saturated carbocycles. The lowest BCUT2D eigenvalue weighted by molar-refractivity contribution is 1.06. The van der Waals surface area contributed by atoms with Crippen molar-refractivity contribution in [3.8, 4) is 11.8 Å². The molecule has 0 heterocycles. The molecule has 106 valence electrons. The third-order valence-electron chi connectivity index (χ3n) is 3.64. The molecule has 0 aromatic heterocycles. The molecule has 3 aromatic carbocycles. The summed E-state index contributed by atoms with van der Waals surface area (Å²) < 4.78 is 0. The summed E-state index contributed by atoms with van der Waals surface area (Å²) >= 11 is 0. The first-order valence-electron chi connectivity index (χ1n) is 7.51. The van der Waals surface area contributed by atoms with Crippen LogP contribution in [0.15, 0.2) is 84.9 Å². The zero-order valence-electron chi connectivity index (χ0n) is 12.7. The van der Waals surface area contributed by atoms with Crippen LogP contribution in [0, 0.1) is 18.8 Å². The Morgan fingerprint density at radius 2 is 1.32 bits per heavy atom. The van der Waals surface area contributed by atoms with Crippen molar-refractivity contribution < 1.29 is 0 Å². The van der Waals surface area contributed by atoms with Crippen molar-refractivity contribution >= 4 is 0 Å². The van der Waals surface area contributed by atoms with Gasteiger partial charge in [0.15, 0.2) is 0 Å². The minimum Gasteiger partial charge on any atom is -0.0848 e. The van der Waals surface area contributed by atoms with Gasteiger partial charge in [-0.25, -0.2) is 0 Å².